The van der Waals surface area contributed by atoms with Crippen LogP contribution in [-0.2, 0) is 0 Å². The number of rotatable bonds is 5. The van der Waals surface area contributed by atoms with Crippen molar-refractivity contribution in [3.05, 3.63) is 0 Å². The second-order valence-electron chi connectivity index (χ2n) is 4.88. The second kappa shape index (κ2) is 4.55. The molecule has 0 aliphatic rings. The summed E-state index contributed by atoms with van der Waals surface area (Å²) >= 11 is 0. The lowest BCUT2D eigenvalue weighted by molar-refractivity contribution is 0.133. The molecule has 0 radical (unpaired) electrons. The molecule has 0 fully saturated rings. The van der Waals surface area contributed by atoms with Gasteiger partial charge >= 0.3 is 0 Å². The van der Waals surface area contributed by atoms with Gasteiger partial charge in [-0.1, -0.05) is 13.8 Å². The van der Waals surface area contributed by atoms with Crippen LogP contribution in [0, 0.1) is 5.92 Å². The van der Waals surface area contributed by atoms with E-state index in [1.807, 2.05) is 26.9 Å². The summed E-state index contributed by atoms with van der Waals surface area (Å²) in [6.07, 6.45) is 0.676. The Morgan fingerprint density at radius 1 is 1.15 bits per heavy atom. The van der Waals surface area contributed by atoms with Crippen molar-refractivity contribution >= 4 is 8.32 Å². The summed E-state index contributed by atoms with van der Waals surface area (Å²) in [7, 11) is -2.20. The molecule has 0 heterocycles. The Hall–Kier alpha value is 0.0969. The normalized spacial score (nSPS) is 13.8. The molecule has 0 amide bonds. The van der Waals surface area contributed by atoms with Gasteiger partial charge in [0.2, 0.25) is 0 Å². The van der Waals surface area contributed by atoms with Gasteiger partial charge in [0.05, 0.1) is 0 Å². The van der Waals surface area contributed by atoms with E-state index in [0.717, 1.165) is 0 Å². The van der Waals surface area contributed by atoms with Crippen molar-refractivity contribution in [1.82, 2.24) is 0 Å². The Morgan fingerprint density at radius 2 is 1.54 bits per heavy atom. The molecule has 0 unspecified atom stereocenters. The van der Waals surface area contributed by atoms with Crippen LogP contribution in [-0.4, -0.2) is 36.5 Å². The zero-order valence-electron chi connectivity index (χ0n) is 9.04. The van der Waals surface area contributed by atoms with Gasteiger partial charge < -0.3 is 15.0 Å². The van der Waals surface area contributed by atoms with Crippen LogP contribution in [0.2, 0.25) is 18.1 Å². The smallest absolute Gasteiger partial charge is 0.188 e. The fraction of sp³-hybridized carbons (Fsp3) is 1.00. The molecule has 0 spiro atoms. The van der Waals surface area contributed by atoms with Crippen LogP contribution in [0.4, 0.5) is 0 Å². The first-order valence-corrected chi connectivity index (χ1v) is 7.63. The maximum Gasteiger partial charge on any atom is 0.188 e. The average Bonchev–Trinajstić information content (AvgIpc) is 1.98. The summed E-state index contributed by atoms with van der Waals surface area (Å²) in [5, 5.41) is 17.7. The maximum absolute atomic E-state index is 9.96. The molecular weight excluding hydrogens is 184 g/mol. The van der Waals surface area contributed by atoms with Crippen molar-refractivity contribution in [2.24, 2.45) is 5.92 Å². The third-order valence-electron chi connectivity index (χ3n) is 2.97. The summed E-state index contributed by atoms with van der Waals surface area (Å²) in [6.45, 7) is 7.75. The Morgan fingerprint density at radius 3 is 1.77 bits per heavy atom. The Balaban J connectivity index is 4.31. The van der Waals surface area contributed by atoms with E-state index in [2.05, 4.69) is 0 Å². The van der Waals surface area contributed by atoms with E-state index in [1.54, 1.807) is 0 Å². The minimum absolute atomic E-state index is 0.00951. The summed E-state index contributed by atoms with van der Waals surface area (Å²) in [4.78, 5) is 9.96. The molecule has 4 heteroatoms. The van der Waals surface area contributed by atoms with Gasteiger partial charge in [-0.2, -0.15) is 0 Å². The lowest BCUT2D eigenvalue weighted by Crippen LogP contribution is -2.40. The maximum atomic E-state index is 9.96. The van der Waals surface area contributed by atoms with E-state index >= 15 is 0 Å². The van der Waals surface area contributed by atoms with Crippen LogP contribution in [0.3, 0.4) is 0 Å². The summed E-state index contributed by atoms with van der Waals surface area (Å²) in [5.41, 5.74) is 0. The van der Waals surface area contributed by atoms with Crippen molar-refractivity contribution in [3.63, 3.8) is 0 Å². The monoisotopic (exact) mass is 206 g/mol. The van der Waals surface area contributed by atoms with Gasteiger partial charge in [-0.3, -0.25) is 0 Å². The fourth-order valence-corrected chi connectivity index (χ4v) is 1.95. The van der Waals surface area contributed by atoms with Crippen molar-refractivity contribution in [2.45, 2.75) is 38.4 Å². The van der Waals surface area contributed by atoms with E-state index in [-0.39, 0.29) is 24.2 Å². The van der Waals surface area contributed by atoms with E-state index in [1.165, 1.54) is 0 Å². The number of hydrogen-bond donors (Lipinski definition) is 3. The predicted molar refractivity (Wildman–Crippen MR) is 56.0 cm³/mol. The molecular formula is C9H22O3Si. The van der Waals surface area contributed by atoms with Crippen LogP contribution >= 0.6 is 0 Å². The molecule has 0 saturated heterocycles. The lowest BCUT2D eigenvalue weighted by Gasteiger charge is -2.37. The molecule has 3 N–H and O–H groups in total. The molecule has 0 atom stereocenters. The molecule has 0 aromatic carbocycles. The van der Waals surface area contributed by atoms with Crippen molar-refractivity contribution in [2.75, 3.05) is 13.2 Å². The highest BCUT2D eigenvalue weighted by Gasteiger charge is 2.39. The average molecular weight is 206 g/mol. The molecule has 0 aromatic heterocycles. The fourth-order valence-electron chi connectivity index (χ4n) is 1.16. The zero-order valence-corrected chi connectivity index (χ0v) is 10.0. The van der Waals surface area contributed by atoms with Crippen LogP contribution in [0.5, 0.6) is 0 Å². The Bertz CT molecular complexity index is 147. The molecule has 0 aliphatic carbocycles. The first-order valence-electron chi connectivity index (χ1n) is 4.68. The molecule has 0 aromatic rings. The largest absolute Gasteiger partial charge is 0.432 e. The third kappa shape index (κ3) is 3.77. The lowest BCUT2D eigenvalue weighted by atomic mass is 9.98. The van der Waals surface area contributed by atoms with Crippen LogP contribution in [0.1, 0.15) is 20.3 Å². The topological polar surface area (TPSA) is 60.7 Å². The van der Waals surface area contributed by atoms with Gasteiger partial charge in [0.25, 0.3) is 0 Å². The standard InChI is InChI=1S/C9H22O3Si/c1-9(2,13(3,4)12)5-8(6-10)7-11/h8,10-12H,5-7H2,1-4H3. The molecule has 0 saturated carbocycles. The first kappa shape index (κ1) is 13.1. The second-order valence-corrected chi connectivity index (χ2v) is 9.35. The van der Waals surface area contributed by atoms with E-state index < -0.39 is 8.32 Å². The molecule has 0 aliphatic heterocycles. The van der Waals surface area contributed by atoms with Crippen molar-refractivity contribution < 1.29 is 15.0 Å². The highest BCUT2D eigenvalue weighted by atomic mass is 28.4. The molecule has 0 bridgehead atoms. The Labute approximate surface area is 81.5 Å². The molecule has 3 nitrogen and oxygen atoms in total. The summed E-state index contributed by atoms with van der Waals surface area (Å²) in [5.74, 6) is -0.103. The highest BCUT2D eigenvalue weighted by molar-refractivity contribution is 6.72. The summed E-state index contributed by atoms with van der Waals surface area (Å²) < 4.78 is 0. The van der Waals surface area contributed by atoms with Crippen LogP contribution < -0.4 is 0 Å². The SMILES string of the molecule is CC(C)(CC(CO)CO)[Si](C)(C)O. The van der Waals surface area contributed by atoms with Gasteiger partial charge in [-0.05, 0) is 24.6 Å². The van der Waals surface area contributed by atoms with E-state index in [0.29, 0.717) is 6.42 Å². The highest BCUT2D eigenvalue weighted by Crippen LogP contribution is 2.41. The summed E-state index contributed by atoms with van der Waals surface area (Å²) in [6, 6.07) is 0. The predicted octanol–water partition coefficient (Wildman–Crippen LogP) is 0.955. The van der Waals surface area contributed by atoms with Crippen molar-refractivity contribution in [1.29, 1.82) is 0 Å². The van der Waals surface area contributed by atoms with E-state index in [9.17, 15) is 4.80 Å². The minimum Gasteiger partial charge on any atom is -0.432 e. The minimum atomic E-state index is -2.20. The Kier molecular flexibility index (Phi) is 4.58. The van der Waals surface area contributed by atoms with Gasteiger partial charge in [-0.25, -0.2) is 0 Å². The number of aliphatic hydroxyl groups excluding tert-OH is 2. The first-order chi connectivity index (χ1) is 5.74. The van der Waals surface area contributed by atoms with Crippen LogP contribution in [0.15, 0.2) is 0 Å². The van der Waals surface area contributed by atoms with E-state index in [4.69, 9.17) is 10.2 Å². The number of hydrogen-bond acceptors (Lipinski definition) is 3. The van der Waals surface area contributed by atoms with Gasteiger partial charge in [0, 0.05) is 19.1 Å². The quantitative estimate of drug-likeness (QED) is 0.587. The van der Waals surface area contributed by atoms with Gasteiger partial charge in [0.1, 0.15) is 0 Å². The molecule has 0 rings (SSSR count). The molecule has 80 valence electrons. The number of aliphatic hydroxyl groups is 2. The van der Waals surface area contributed by atoms with Crippen molar-refractivity contribution in [3.8, 4) is 0 Å². The van der Waals surface area contributed by atoms with Gasteiger partial charge in [0.15, 0.2) is 8.32 Å². The molecule has 13 heavy (non-hydrogen) atoms. The van der Waals surface area contributed by atoms with Crippen LogP contribution in [0.25, 0.3) is 0 Å². The third-order valence-corrected chi connectivity index (χ3v) is 6.49. The van der Waals surface area contributed by atoms with Gasteiger partial charge in [-0.15, -0.1) is 0 Å². The zero-order chi connectivity index (χ0) is 10.7.